The molecule has 0 unspecified atom stereocenters. The zero-order valence-corrected chi connectivity index (χ0v) is 12.6. The molecule has 1 aromatic carbocycles. The van der Waals surface area contributed by atoms with Gasteiger partial charge in [0.25, 0.3) is 0 Å². The molecule has 0 saturated carbocycles. The number of carbonyl (C=O) groups excluding carboxylic acids is 1. The predicted octanol–water partition coefficient (Wildman–Crippen LogP) is 1.27. The maximum atomic E-state index is 11.2. The van der Waals surface area contributed by atoms with Crippen molar-refractivity contribution in [2.24, 2.45) is 0 Å². The topological polar surface area (TPSA) is 35.5 Å². The van der Waals surface area contributed by atoms with Crippen LogP contribution in [0.5, 0.6) is 0 Å². The Kier molecular flexibility index (Phi) is 2.72. The van der Waals surface area contributed by atoms with Gasteiger partial charge in [-0.05, 0) is 0 Å². The minimum atomic E-state index is -0.353. The van der Waals surface area contributed by atoms with Crippen LogP contribution in [0.1, 0.15) is 12.8 Å². The normalized spacial score (nSPS) is 43.3. The number of fused-ring (bicyclic) bond motifs is 3. The van der Waals surface area contributed by atoms with Crippen LogP contribution in [0.15, 0.2) is 30.3 Å². The molecule has 0 amide bonds. The first-order valence-corrected chi connectivity index (χ1v) is 8.69. The molecule has 3 aliphatic rings. The van der Waals surface area contributed by atoms with Crippen LogP contribution in [0, 0.1) is 0 Å². The predicted molar refractivity (Wildman–Crippen MR) is 71.9 cm³/mol. The van der Waals surface area contributed by atoms with E-state index in [0.29, 0.717) is 11.2 Å². The average Bonchev–Trinajstić information content (AvgIpc) is 2.88. The van der Waals surface area contributed by atoms with Gasteiger partial charge in [0.15, 0.2) is 0 Å². The van der Waals surface area contributed by atoms with Gasteiger partial charge < -0.3 is 0 Å². The fourth-order valence-electron chi connectivity index (χ4n) is 3.28. The zero-order chi connectivity index (χ0) is 13.0. The van der Waals surface area contributed by atoms with Crippen molar-refractivity contribution in [3.63, 3.8) is 0 Å². The van der Waals surface area contributed by atoms with E-state index in [0.717, 1.165) is 6.42 Å². The number of esters is 1. The van der Waals surface area contributed by atoms with E-state index in [1.807, 2.05) is 18.2 Å². The van der Waals surface area contributed by atoms with Crippen LogP contribution in [0.4, 0.5) is 0 Å². The van der Waals surface area contributed by atoms with Gasteiger partial charge in [-0.25, -0.2) is 0 Å². The second-order valence-electron chi connectivity index (χ2n) is 5.35. The Hall–Kier alpha value is -0.541. The maximum absolute atomic E-state index is 11.2. The van der Waals surface area contributed by atoms with Crippen molar-refractivity contribution in [3.8, 4) is 0 Å². The molecule has 0 N–H and O–H groups in total. The van der Waals surface area contributed by atoms with Crippen molar-refractivity contribution in [2.75, 3.05) is 0 Å². The van der Waals surface area contributed by atoms with Crippen molar-refractivity contribution in [3.05, 3.63) is 30.3 Å². The van der Waals surface area contributed by atoms with Crippen molar-refractivity contribution >= 4 is 37.0 Å². The summed E-state index contributed by atoms with van der Waals surface area (Å²) in [4.78, 5) is 11.5. The molecule has 0 aromatic heterocycles. The molecule has 3 aliphatic heterocycles. The van der Waals surface area contributed by atoms with Gasteiger partial charge in [-0.15, -0.1) is 0 Å². The number of hydrogen-bond acceptors (Lipinski definition) is 3. The van der Waals surface area contributed by atoms with Crippen LogP contribution in [-0.4, -0.2) is 44.1 Å². The van der Waals surface area contributed by atoms with Crippen molar-refractivity contribution in [1.82, 2.24) is 0 Å². The molecule has 1 aromatic rings. The van der Waals surface area contributed by atoms with Gasteiger partial charge in [-0.3, -0.25) is 0 Å². The molecule has 3 fully saturated rings. The van der Waals surface area contributed by atoms with Gasteiger partial charge in [-0.2, -0.15) is 0 Å². The van der Waals surface area contributed by atoms with E-state index in [4.69, 9.17) is 21.1 Å². The summed E-state index contributed by atoms with van der Waals surface area (Å²) in [6.45, 7) is 0. The van der Waals surface area contributed by atoms with Crippen LogP contribution in [-0.2, 0) is 14.3 Å². The summed E-state index contributed by atoms with van der Waals surface area (Å²) < 4.78 is 12.7. The molecule has 1 spiro atoms. The Morgan fingerprint density at radius 1 is 1.32 bits per heavy atom. The van der Waals surface area contributed by atoms with Gasteiger partial charge in [0.2, 0.25) is 0 Å². The molecule has 0 aliphatic carbocycles. The number of benzene rings is 1. The van der Waals surface area contributed by atoms with Crippen molar-refractivity contribution in [1.29, 1.82) is 0 Å². The SMILES string of the molecule is O=C1C[C@@]2(C[C@@H]3O[C@H]2[C@@H]([Se]c2ccccc2)[C@@H]3Cl)O1. The molecule has 19 heavy (non-hydrogen) atoms. The number of rotatable bonds is 2. The molecular formula is C14H13ClO3Se. The van der Waals surface area contributed by atoms with E-state index in [1.54, 1.807) is 0 Å². The van der Waals surface area contributed by atoms with E-state index >= 15 is 0 Å². The fourth-order valence-corrected chi connectivity index (χ4v) is 6.70. The molecule has 0 radical (unpaired) electrons. The number of hydrogen-bond donors (Lipinski definition) is 0. The van der Waals surface area contributed by atoms with E-state index in [-0.39, 0.29) is 44.1 Å². The summed E-state index contributed by atoms with van der Waals surface area (Å²) >= 11 is 6.77. The van der Waals surface area contributed by atoms with Crippen LogP contribution in [0.25, 0.3) is 0 Å². The molecule has 5 atom stereocenters. The second-order valence-corrected chi connectivity index (χ2v) is 8.48. The van der Waals surface area contributed by atoms with E-state index < -0.39 is 0 Å². The fraction of sp³-hybridized carbons (Fsp3) is 0.500. The van der Waals surface area contributed by atoms with Crippen LogP contribution >= 0.6 is 11.6 Å². The molecule has 3 heterocycles. The van der Waals surface area contributed by atoms with Crippen LogP contribution < -0.4 is 4.46 Å². The Labute approximate surface area is 122 Å². The van der Waals surface area contributed by atoms with Crippen molar-refractivity contribution < 1.29 is 14.3 Å². The third-order valence-corrected chi connectivity index (χ3v) is 7.87. The molecule has 4 rings (SSSR count). The van der Waals surface area contributed by atoms with E-state index in [1.165, 1.54) is 4.46 Å². The molecule has 3 nitrogen and oxygen atoms in total. The summed E-state index contributed by atoms with van der Waals surface area (Å²) in [5.41, 5.74) is -0.353. The molecule has 2 bridgehead atoms. The first kappa shape index (κ1) is 12.2. The summed E-state index contributed by atoms with van der Waals surface area (Å²) in [6.07, 6.45) is 1.33. The number of halogens is 1. The summed E-state index contributed by atoms with van der Waals surface area (Å²) in [6, 6.07) is 10.4. The van der Waals surface area contributed by atoms with E-state index in [2.05, 4.69) is 12.1 Å². The van der Waals surface area contributed by atoms with Gasteiger partial charge in [-0.1, -0.05) is 0 Å². The Balaban J connectivity index is 1.57. The summed E-state index contributed by atoms with van der Waals surface area (Å²) in [7, 11) is 0. The molecule has 5 heteroatoms. The quantitative estimate of drug-likeness (QED) is 0.461. The Morgan fingerprint density at radius 2 is 2.05 bits per heavy atom. The molecule has 3 saturated heterocycles. The van der Waals surface area contributed by atoms with E-state index in [9.17, 15) is 4.79 Å². The van der Waals surface area contributed by atoms with Crippen molar-refractivity contribution in [2.45, 2.75) is 40.8 Å². The minimum absolute atomic E-state index is 0.00194. The second kappa shape index (κ2) is 4.22. The Morgan fingerprint density at radius 3 is 2.68 bits per heavy atom. The van der Waals surface area contributed by atoms with Gasteiger partial charge in [0.1, 0.15) is 0 Å². The van der Waals surface area contributed by atoms with Crippen LogP contribution in [0.2, 0.25) is 4.82 Å². The van der Waals surface area contributed by atoms with Crippen LogP contribution in [0.3, 0.4) is 0 Å². The standard InChI is InChI=1S/C14H13ClO3Se/c15-11-9-6-14(7-10(16)18-14)13(17-9)12(11)19-8-4-2-1-3-5-8/h1-5,9,11-13H,6-7H2/t9-,11+,12-,13-,14+/m0/s1. The first-order valence-electron chi connectivity index (χ1n) is 6.41. The summed E-state index contributed by atoms with van der Waals surface area (Å²) in [5, 5.41) is 0.0510. The Bertz CT molecular complexity index is 513. The summed E-state index contributed by atoms with van der Waals surface area (Å²) in [5.74, 6) is -0.103. The van der Waals surface area contributed by atoms with Gasteiger partial charge in [0.05, 0.1) is 0 Å². The molecular weight excluding hydrogens is 331 g/mol. The zero-order valence-electron chi connectivity index (χ0n) is 10.1. The molecule has 100 valence electrons. The average molecular weight is 344 g/mol. The van der Waals surface area contributed by atoms with Gasteiger partial charge >= 0.3 is 122 Å². The third-order valence-electron chi connectivity index (χ3n) is 4.13. The number of ether oxygens (including phenoxy) is 2. The first-order chi connectivity index (χ1) is 9.18. The number of alkyl halides is 1. The monoisotopic (exact) mass is 344 g/mol. The number of carbonyl (C=O) groups is 1. The third kappa shape index (κ3) is 1.78. The van der Waals surface area contributed by atoms with Gasteiger partial charge in [0, 0.05) is 0 Å².